The second-order valence-corrected chi connectivity index (χ2v) is 7.24. The fourth-order valence-electron chi connectivity index (χ4n) is 4.08. The van der Waals surface area contributed by atoms with Crippen molar-refractivity contribution in [3.63, 3.8) is 0 Å². The molecule has 6 nitrogen and oxygen atoms in total. The molecular formula is C20H31IN4O2. The Morgan fingerprint density at radius 3 is 2.33 bits per heavy atom. The van der Waals surface area contributed by atoms with Gasteiger partial charge >= 0.3 is 0 Å². The summed E-state index contributed by atoms with van der Waals surface area (Å²) in [6.45, 7) is 2.89. The average molecular weight is 486 g/mol. The number of aliphatic imine (C=N–C) groups is 1. The molecule has 0 radical (unpaired) electrons. The molecule has 7 heteroatoms. The van der Waals surface area contributed by atoms with Crippen molar-refractivity contribution in [2.45, 2.75) is 32.2 Å². The van der Waals surface area contributed by atoms with Gasteiger partial charge in [0, 0.05) is 26.7 Å². The van der Waals surface area contributed by atoms with E-state index in [4.69, 9.17) is 4.74 Å². The number of hydrogen-bond donors (Lipinski definition) is 2. The summed E-state index contributed by atoms with van der Waals surface area (Å²) >= 11 is 0. The van der Waals surface area contributed by atoms with Crippen molar-refractivity contribution in [3.8, 4) is 5.75 Å². The van der Waals surface area contributed by atoms with E-state index in [-0.39, 0.29) is 36.4 Å². The minimum Gasteiger partial charge on any atom is -0.497 e. The van der Waals surface area contributed by atoms with E-state index >= 15 is 0 Å². The Labute approximate surface area is 179 Å². The van der Waals surface area contributed by atoms with E-state index in [1.165, 1.54) is 25.7 Å². The normalized spacial score (nSPS) is 21.9. The number of likely N-dealkylation sites (tertiary alicyclic amines) is 1. The maximum atomic E-state index is 12.2. The lowest BCUT2D eigenvalue weighted by Crippen LogP contribution is -2.44. The van der Waals surface area contributed by atoms with Gasteiger partial charge in [0.2, 0.25) is 5.91 Å². The molecule has 1 aliphatic heterocycles. The first-order chi connectivity index (χ1) is 12.7. The number of guanidine groups is 1. The lowest BCUT2D eigenvalue weighted by Gasteiger charge is -2.22. The predicted octanol–water partition coefficient (Wildman–Crippen LogP) is 2.63. The van der Waals surface area contributed by atoms with Crippen LogP contribution in [0.4, 0.5) is 0 Å². The Kier molecular flexibility index (Phi) is 8.66. The first-order valence-electron chi connectivity index (χ1n) is 9.55. The van der Waals surface area contributed by atoms with Crippen LogP contribution in [0.5, 0.6) is 5.75 Å². The molecule has 1 saturated carbocycles. The van der Waals surface area contributed by atoms with Gasteiger partial charge in [0.1, 0.15) is 5.75 Å². The topological polar surface area (TPSA) is 66.0 Å². The van der Waals surface area contributed by atoms with Crippen molar-refractivity contribution < 1.29 is 9.53 Å². The average Bonchev–Trinajstić information content (AvgIpc) is 3.11. The Morgan fingerprint density at radius 1 is 1.15 bits per heavy atom. The number of benzene rings is 1. The number of methoxy groups -OCH3 is 1. The molecule has 1 heterocycles. The molecule has 150 valence electrons. The lowest BCUT2D eigenvalue weighted by atomic mass is 9.82. The molecule has 2 aliphatic rings. The predicted molar refractivity (Wildman–Crippen MR) is 119 cm³/mol. The van der Waals surface area contributed by atoms with Gasteiger partial charge in [-0.05, 0) is 42.4 Å². The Bertz CT molecular complexity index is 621. The summed E-state index contributed by atoms with van der Waals surface area (Å²) in [6.07, 6.45) is 5.38. The number of nitrogens with zero attached hydrogens (tertiary/aromatic N) is 2. The van der Waals surface area contributed by atoms with Gasteiger partial charge in [-0.2, -0.15) is 0 Å². The van der Waals surface area contributed by atoms with Gasteiger partial charge in [-0.15, -0.1) is 24.0 Å². The van der Waals surface area contributed by atoms with Gasteiger partial charge < -0.3 is 20.3 Å². The number of hydrogen-bond acceptors (Lipinski definition) is 3. The zero-order valence-corrected chi connectivity index (χ0v) is 18.6. The molecule has 1 amide bonds. The van der Waals surface area contributed by atoms with Crippen LogP contribution in [0.2, 0.25) is 0 Å². The maximum absolute atomic E-state index is 12.2. The molecule has 1 aromatic carbocycles. The smallest absolute Gasteiger partial charge is 0.239 e. The monoisotopic (exact) mass is 486 g/mol. The number of rotatable bonds is 5. The summed E-state index contributed by atoms with van der Waals surface area (Å²) in [7, 11) is 3.43. The molecule has 1 aliphatic carbocycles. The summed E-state index contributed by atoms with van der Waals surface area (Å²) < 4.78 is 5.14. The van der Waals surface area contributed by atoms with Gasteiger partial charge in [-0.1, -0.05) is 25.0 Å². The van der Waals surface area contributed by atoms with Crippen molar-refractivity contribution >= 4 is 35.8 Å². The van der Waals surface area contributed by atoms with E-state index < -0.39 is 0 Å². The highest BCUT2D eigenvalue weighted by atomic mass is 127. The van der Waals surface area contributed by atoms with Crippen LogP contribution in [-0.2, 0) is 11.3 Å². The summed E-state index contributed by atoms with van der Waals surface area (Å²) in [6, 6.07) is 7.71. The number of amides is 1. The zero-order valence-electron chi connectivity index (χ0n) is 16.2. The van der Waals surface area contributed by atoms with E-state index in [0.717, 1.165) is 42.2 Å². The summed E-state index contributed by atoms with van der Waals surface area (Å²) in [5, 5.41) is 6.16. The summed E-state index contributed by atoms with van der Waals surface area (Å²) in [4.78, 5) is 18.8. The SMILES string of the molecule is CN=C(NCC(=O)NCc1ccc(OC)cc1)N1CC2CCCCC2C1.I. The van der Waals surface area contributed by atoms with Crippen LogP contribution in [0.15, 0.2) is 29.3 Å². The molecule has 1 saturated heterocycles. The second kappa shape index (κ2) is 10.7. The third-order valence-electron chi connectivity index (χ3n) is 5.54. The summed E-state index contributed by atoms with van der Waals surface area (Å²) in [5.41, 5.74) is 1.05. The highest BCUT2D eigenvalue weighted by Gasteiger charge is 2.35. The van der Waals surface area contributed by atoms with Crippen LogP contribution in [0.1, 0.15) is 31.2 Å². The maximum Gasteiger partial charge on any atom is 0.239 e. The van der Waals surface area contributed by atoms with E-state index in [0.29, 0.717) is 6.54 Å². The first-order valence-corrected chi connectivity index (χ1v) is 9.55. The fourth-order valence-corrected chi connectivity index (χ4v) is 4.08. The first kappa shape index (κ1) is 21.8. The van der Waals surface area contributed by atoms with Gasteiger partial charge in [0.25, 0.3) is 0 Å². The number of nitrogens with one attached hydrogen (secondary N) is 2. The molecule has 0 spiro atoms. The van der Waals surface area contributed by atoms with Crippen LogP contribution >= 0.6 is 24.0 Å². The molecular weight excluding hydrogens is 455 g/mol. The molecule has 3 rings (SSSR count). The van der Waals surface area contributed by atoms with Crippen LogP contribution in [0.25, 0.3) is 0 Å². The zero-order chi connectivity index (χ0) is 18.4. The van der Waals surface area contributed by atoms with Crippen molar-refractivity contribution in [1.82, 2.24) is 15.5 Å². The lowest BCUT2D eigenvalue weighted by molar-refractivity contribution is -0.120. The van der Waals surface area contributed by atoms with Crippen LogP contribution in [0, 0.1) is 11.8 Å². The number of ether oxygens (including phenoxy) is 1. The van der Waals surface area contributed by atoms with Crippen LogP contribution in [-0.4, -0.2) is 50.6 Å². The van der Waals surface area contributed by atoms with Crippen molar-refractivity contribution in [2.75, 3.05) is 33.8 Å². The van der Waals surface area contributed by atoms with Crippen LogP contribution in [0.3, 0.4) is 0 Å². The summed E-state index contributed by atoms with van der Waals surface area (Å²) in [5.74, 6) is 3.23. The quantitative estimate of drug-likeness (QED) is 0.382. The second-order valence-electron chi connectivity index (χ2n) is 7.24. The fraction of sp³-hybridized carbons (Fsp3) is 0.600. The number of fused-ring (bicyclic) bond motifs is 1. The van der Waals surface area contributed by atoms with E-state index in [2.05, 4.69) is 20.5 Å². The highest BCUT2D eigenvalue weighted by Crippen LogP contribution is 2.35. The minimum absolute atomic E-state index is 0. The molecule has 2 atom stereocenters. The minimum atomic E-state index is -0.0291. The highest BCUT2D eigenvalue weighted by molar-refractivity contribution is 14.0. The number of carbonyl (C=O) groups excluding carboxylic acids is 1. The van der Waals surface area contributed by atoms with E-state index in [1.54, 1.807) is 14.2 Å². The Balaban J connectivity index is 0.00000261. The third-order valence-corrected chi connectivity index (χ3v) is 5.54. The largest absolute Gasteiger partial charge is 0.497 e. The molecule has 2 unspecified atom stereocenters. The molecule has 27 heavy (non-hydrogen) atoms. The van der Waals surface area contributed by atoms with Crippen molar-refractivity contribution in [1.29, 1.82) is 0 Å². The molecule has 2 fully saturated rings. The van der Waals surface area contributed by atoms with Gasteiger partial charge in [0.15, 0.2) is 5.96 Å². The number of carbonyl (C=O) groups is 1. The molecule has 2 N–H and O–H groups in total. The third kappa shape index (κ3) is 5.99. The van der Waals surface area contributed by atoms with E-state index in [1.807, 2.05) is 24.3 Å². The Hall–Kier alpha value is -1.51. The molecule has 0 aromatic heterocycles. The standard InChI is InChI=1S/C20H30N4O2.HI/c1-21-20(24-13-16-5-3-4-6-17(16)14-24)23-12-19(25)22-11-15-7-9-18(26-2)10-8-15;/h7-10,16-17H,3-6,11-14H2,1-2H3,(H,21,23)(H,22,25);1H. The van der Waals surface area contributed by atoms with E-state index in [9.17, 15) is 4.79 Å². The van der Waals surface area contributed by atoms with Gasteiger partial charge in [-0.3, -0.25) is 9.79 Å². The molecule has 1 aromatic rings. The van der Waals surface area contributed by atoms with Crippen molar-refractivity contribution in [2.24, 2.45) is 16.8 Å². The van der Waals surface area contributed by atoms with Crippen LogP contribution < -0.4 is 15.4 Å². The Morgan fingerprint density at radius 2 is 1.78 bits per heavy atom. The van der Waals surface area contributed by atoms with Gasteiger partial charge in [-0.25, -0.2) is 0 Å². The van der Waals surface area contributed by atoms with Crippen molar-refractivity contribution in [3.05, 3.63) is 29.8 Å². The molecule has 0 bridgehead atoms. The van der Waals surface area contributed by atoms with Gasteiger partial charge in [0.05, 0.1) is 13.7 Å². The number of halogens is 1.